The number of halogens is 2. The van der Waals surface area contributed by atoms with Crippen molar-refractivity contribution in [2.24, 2.45) is 0 Å². The summed E-state index contributed by atoms with van der Waals surface area (Å²) in [6, 6.07) is 11.1. The molecule has 3 nitrogen and oxygen atoms in total. The van der Waals surface area contributed by atoms with E-state index in [4.69, 9.17) is 17.3 Å². The first kappa shape index (κ1) is 14.7. The molecular formula is C14H12ClFN2OS. The third-order valence-corrected chi connectivity index (χ3v) is 3.68. The van der Waals surface area contributed by atoms with Crippen molar-refractivity contribution in [2.75, 3.05) is 16.8 Å². The van der Waals surface area contributed by atoms with E-state index in [1.54, 1.807) is 12.1 Å². The minimum Gasteiger partial charge on any atom is -0.397 e. The monoisotopic (exact) mass is 310 g/mol. The van der Waals surface area contributed by atoms with Gasteiger partial charge in [-0.25, -0.2) is 4.39 Å². The lowest BCUT2D eigenvalue weighted by molar-refractivity contribution is -0.113. The molecular weight excluding hydrogens is 299 g/mol. The first-order chi connectivity index (χ1) is 9.54. The van der Waals surface area contributed by atoms with Gasteiger partial charge in [-0.3, -0.25) is 4.79 Å². The summed E-state index contributed by atoms with van der Waals surface area (Å²) in [4.78, 5) is 12.7. The van der Waals surface area contributed by atoms with E-state index in [-0.39, 0.29) is 17.3 Å². The maximum Gasteiger partial charge on any atom is 0.234 e. The number of nitrogens with two attached hydrogens (primary N) is 1. The number of carbonyl (C=O) groups is 1. The van der Waals surface area contributed by atoms with Gasteiger partial charge in [-0.1, -0.05) is 17.7 Å². The highest BCUT2D eigenvalue weighted by molar-refractivity contribution is 8.00. The molecule has 0 radical (unpaired) electrons. The van der Waals surface area contributed by atoms with Crippen LogP contribution in [0.25, 0.3) is 0 Å². The van der Waals surface area contributed by atoms with Crippen LogP contribution < -0.4 is 11.1 Å². The van der Waals surface area contributed by atoms with Gasteiger partial charge in [0, 0.05) is 9.92 Å². The fourth-order valence-corrected chi connectivity index (χ4v) is 2.55. The van der Waals surface area contributed by atoms with Crippen LogP contribution in [0.1, 0.15) is 0 Å². The van der Waals surface area contributed by atoms with Gasteiger partial charge in [0.1, 0.15) is 5.82 Å². The predicted molar refractivity (Wildman–Crippen MR) is 81.6 cm³/mol. The Hall–Kier alpha value is -1.72. The fraction of sp³-hybridized carbons (Fsp3) is 0.0714. The number of carbonyl (C=O) groups excluding carboxylic acids is 1. The van der Waals surface area contributed by atoms with Crippen LogP contribution in [0.15, 0.2) is 47.4 Å². The average molecular weight is 311 g/mol. The van der Waals surface area contributed by atoms with E-state index >= 15 is 0 Å². The smallest absolute Gasteiger partial charge is 0.234 e. The zero-order chi connectivity index (χ0) is 14.5. The highest BCUT2D eigenvalue weighted by Crippen LogP contribution is 2.23. The second-order valence-corrected chi connectivity index (χ2v) is 5.51. The standard InChI is InChI=1S/C14H12ClFN2OS/c15-9-2-1-3-11(6-9)20-8-14(19)18-13-5-4-10(16)7-12(13)17/h1-7H,8,17H2,(H,18,19). The van der Waals surface area contributed by atoms with Gasteiger partial charge in [0.25, 0.3) is 0 Å². The lowest BCUT2D eigenvalue weighted by atomic mass is 10.2. The summed E-state index contributed by atoms with van der Waals surface area (Å²) in [5.74, 6) is -0.431. The largest absolute Gasteiger partial charge is 0.397 e. The Balaban J connectivity index is 1.92. The molecule has 2 rings (SSSR count). The second kappa shape index (κ2) is 6.63. The molecule has 2 aromatic rings. The predicted octanol–water partition coefficient (Wildman–Crippen LogP) is 3.79. The summed E-state index contributed by atoms with van der Waals surface area (Å²) in [5, 5.41) is 3.26. The van der Waals surface area contributed by atoms with Crippen LogP contribution in [0.5, 0.6) is 0 Å². The van der Waals surface area contributed by atoms with Crippen molar-refractivity contribution in [2.45, 2.75) is 4.90 Å². The molecule has 104 valence electrons. The van der Waals surface area contributed by atoms with E-state index in [9.17, 15) is 9.18 Å². The second-order valence-electron chi connectivity index (χ2n) is 4.03. The van der Waals surface area contributed by atoms with E-state index in [2.05, 4.69) is 5.32 Å². The van der Waals surface area contributed by atoms with Crippen molar-refractivity contribution in [3.8, 4) is 0 Å². The van der Waals surface area contributed by atoms with Crippen LogP contribution in [-0.4, -0.2) is 11.7 Å². The third kappa shape index (κ3) is 4.15. The Morgan fingerprint density at radius 2 is 2.10 bits per heavy atom. The maximum absolute atomic E-state index is 12.9. The lowest BCUT2D eigenvalue weighted by Crippen LogP contribution is -2.15. The molecule has 20 heavy (non-hydrogen) atoms. The van der Waals surface area contributed by atoms with Gasteiger partial charge in [0.05, 0.1) is 17.1 Å². The van der Waals surface area contributed by atoms with Crippen LogP contribution >= 0.6 is 23.4 Å². The Morgan fingerprint density at radius 1 is 1.30 bits per heavy atom. The SMILES string of the molecule is Nc1cc(F)ccc1NC(=O)CSc1cccc(Cl)c1. The van der Waals surface area contributed by atoms with Crippen molar-refractivity contribution >= 4 is 40.6 Å². The number of rotatable bonds is 4. The summed E-state index contributed by atoms with van der Waals surface area (Å²) in [5.41, 5.74) is 6.22. The minimum absolute atomic E-state index is 0.200. The molecule has 3 N–H and O–H groups in total. The molecule has 0 bridgehead atoms. The van der Waals surface area contributed by atoms with Gasteiger partial charge in [-0.05, 0) is 36.4 Å². The Labute approximate surface area is 125 Å². The van der Waals surface area contributed by atoms with Gasteiger partial charge < -0.3 is 11.1 Å². The fourth-order valence-electron chi connectivity index (χ4n) is 1.54. The molecule has 0 aromatic heterocycles. The van der Waals surface area contributed by atoms with E-state index in [0.29, 0.717) is 10.7 Å². The zero-order valence-corrected chi connectivity index (χ0v) is 12.0. The molecule has 0 aliphatic rings. The van der Waals surface area contributed by atoms with Crippen LogP contribution in [0.4, 0.5) is 15.8 Å². The first-order valence-electron chi connectivity index (χ1n) is 5.78. The zero-order valence-electron chi connectivity index (χ0n) is 10.4. The maximum atomic E-state index is 12.9. The molecule has 1 amide bonds. The molecule has 0 spiro atoms. The molecule has 0 unspecified atom stereocenters. The molecule has 0 aliphatic heterocycles. The molecule has 0 saturated heterocycles. The summed E-state index contributed by atoms with van der Waals surface area (Å²) in [6.45, 7) is 0. The minimum atomic E-state index is -0.436. The highest BCUT2D eigenvalue weighted by atomic mass is 35.5. The van der Waals surface area contributed by atoms with Gasteiger partial charge in [-0.2, -0.15) is 0 Å². The van der Waals surface area contributed by atoms with E-state index in [1.165, 1.54) is 30.0 Å². The number of benzene rings is 2. The van der Waals surface area contributed by atoms with Crippen LogP contribution in [0, 0.1) is 5.82 Å². The van der Waals surface area contributed by atoms with E-state index in [0.717, 1.165) is 4.90 Å². The molecule has 0 aliphatic carbocycles. The Morgan fingerprint density at radius 3 is 2.80 bits per heavy atom. The number of hydrogen-bond acceptors (Lipinski definition) is 3. The van der Waals surface area contributed by atoms with Gasteiger partial charge >= 0.3 is 0 Å². The van der Waals surface area contributed by atoms with E-state index < -0.39 is 5.82 Å². The summed E-state index contributed by atoms with van der Waals surface area (Å²) >= 11 is 7.22. The van der Waals surface area contributed by atoms with Crippen molar-refractivity contribution < 1.29 is 9.18 Å². The summed E-state index contributed by atoms with van der Waals surface area (Å²) in [7, 11) is 0. The Bertz CT molecular complexity index is 636. The van der Waals surface area contributed by atoms with Gasteiger partial charge in [0.2, 0.25) is 5.91 Å². The van der Waals surface area contributed by atoms with Crippen LogP contribution in [0.2, 0.25) is 5.02 Å². The summed E-state index contributed by atoms with van der Waals surface area (Å²) < 4.78 is 12.9. The third-order valence-electron chi connectivity index (χ3n) is 2.45. The number of nitrogens with one attached hydrogen (secondary N) is 1. The number of hydrogen-bond donors (Lipinski definition) is 2. The number of thioether (sulfide) groups is 1. The number of amides is 1. The first-order valence-corrected chi connectivity index (χ1v) is 7.14. The van der Waals surface area contributed by atoms with Crippen LogP contribution in [-0.2, 0) is 4.79 Å². The number of anilines is 2. The van der Waals surface area contributed by atoms with Crippen molar-refractivity contribution in [3.05, 3.63) is 53.3 Å². The van der Waals surface area contributed by atoms with E-state index in [1.807, 2.05) is 12.1 Å². The van der Waals surface area contributed by atoms with Gasteiger partial charge in [0.15, 0.2) is 0 Å². The molecule has 0 fully saturated rings. The number of nitrogen functional groups attached to an aromatic ring is 1. The average Bonchev–Trinajstić information content (AvgIpc) is 2.40. The van der Waals surface area contributed by atoms with Crippen molar-refractivity contribution in [1.29, 1.82) is 0 Å². The molecule has 2 aromatic carbocycles. The lowest BCUT2D eigenvalue weighted by Gasteiger charge is -2.08. The molecule has 6 heteroatoms. The van der Waals surface area contributed by atoms with Crippen molar-refractivity contribution in [3.63, 3.8) is 0 Å². The topological polar surface area (TPSA) is 55.1 Å². The Kier molecular flexibility index (Phi) is 4.87. The molecule has 0 heterocycles. The summed E-state index contributed by atoms with van der Waals surface area (Å²) in [6.07, 6.45) is 0. The van der Waals surface area contributed by atoms with Crippen molar-refractivity contribution in [1.82, 2.24) is 0 Å². The normalized spacial score (nSPS) is 10.3. The van der Waals surface area contributed by atoms with Gasteiger partial charge in [-0.15, -0.1) is 11.8 Å². The highest BCUT2D eigenvalue weighted by Gasteiger charge is 2.07. The quantitative estimate of drug-likeness (QED) is 0.667. The van der Waals surface area contributed by atoms with Crippen LogP contribution in [0.3, 0.4) is 0 Å². The molecule has 0 saturated carbocycles. The molecule has 0 atom stereocenters.